The number of aromatic nitrogens is 2. The summed E-state index contributed by atoms with van der Waals surface area (Å²) in [7, 11) is 0. The fourth-order valence-corrected chi connectivity index (χ4v) is 1.62. The molecule has 1 aromatic carbocycles. The van der Waals surface area contributed by atoms with Crippen LogP contribution in [0, 0.1) is 12.8 Å². The number of nitrogens with zero attached hydrogens (tertiary/aromatic N) is 1. The van der Waals surface area contributed by atoms with E-state index in [4.69, 9.17) is 5.73 Å². The van der Waals surface area contributed by atoms with Crippen molar-refractivity contribution in [2.45, 2.75) is 13.8 Å². The summed E-state index contributed by atoms with van der Waals surface area (Å²) in [6.07, 6.45) is 0. The maximum atomic E-state index is 5.57. The summed E-state index contributed by atoms with van der Waals surface area (Å²) in [5.41, 5.74) is 8.76. The van der Waals surface area contributed by atoms with Gasteiger partial charge in [-0.3, -0.25) is 0 Å². The number of imidazole rings is 1. The zero-order chi connectivity index (χ0) is 11.5. The van der Waals surface area contributed by atoms with Crippen molar-refractivity contribution in [2.75, 3.05) is 18.4 Å². The van der Waals surface area contributed by atoms with Crippen molar-refractivity contribution in [1.82, 2.24) is 9.97 Å². The van der Waals surface area contributed by atoms with Crippen molar-refractivity contribution in [3.05, 3.63) is 24.0 Å². The largest absolute Gasteiger partial charge is 0.385 e. The molecule has 0 radical (unpaired) electrons. The number of aromatic amines is 1. The number of anilines is 1. The second-order valence-electron chi connectivity index (χ2n) is 4.28. The van der Waals surface area contributed by atoms with Gasteiger partial charge in [-0.1, -0.05) is 6.92 Å². The van der Waals surface area contributed by atoms with Gasteiger partial charge < -0.3 is 16.0 Å². The quantitative estimate of drug-likeness (QED) is 0.734. The summed E-state index contributed by atoms with van der Waals surface area (Å²) in [4.78, 5) is 7.59. The van der Waals surface area contributed by atoms with Gasteiger partial charge in [-0.15, -0.1) is 0 Å². The highest BCUT2D eigenvalue weighted by Crippen LogP contribution is 2.17. The summed E-state index contributed by atoms with van der Waals surface area (Å²) < 4.78 is 0. The van der Waals surface area contributed by atoms with Gasteiger partial charge in [0.05, 0.1) is 11.0 Å². The molecule has 4 N–H and O–H groups in total. The van der Waals surface area contributed by atoms with E-state index in [1.165, 1.54) is 0 Å². The van der Waals surface area contributed by atoms with Crippen molar-refractivity contribution in [3.8, 4) is 0 Å². The molecular formula is C12H18N4. The first-order valence-corrected chi connectivity index (χ1v) is 5.59. The van der Waals surface area contributed by atoms with Crippen LogP contribution in [-0.2, 0) is 0 Å². The van der Waals surface area contributed by atoms with Crippen LogP contribution in [-0.4, -0.2) is 23.1 Å². The Morgan fingerprint density at radius 3 is 3.06 bits per heavy atom. The van der Waals surface area contributed by atoms with E-state index >= 15 is 0 Å². The molecule has 4 heteroatoms. The number of benzene rings is 1. The van der Waals surface area contributed by atoms with E-state index in [-0.39, 0.29) is 0 Å². The molecule has 0 saturated carbocycles. The molecule has 0 aliphatic rings. The van der Waals surface area contributed by atoms with Gasteiger partial charge >= 0.3 is 0 Å². The third-order valence-electron chi connectivity index (χ3n) is 2.66. The summed E-state index contributed by atoms with van der Waals surface area (Å²) in [5.74, 6) is 1.43. The molecule has 0 bridgehead atoms. The molecular weight excluding hydrogens is 200 g/mol. The summed E-state index contributed by atoms with van der Waals surface area (Å²) in [6.45, 7) is 5.70. The first kappa shape index (κ1) is 11.0. The smallest absolute Gasteiger partial charge is 0.104 e. The number of aryl methyl sites for hydroxylation is 1. The molecule has 0 aliphatic heterocycles. The number of nitrogens with one attached hydrogen (secondary N) is 2. The Hall–Kier alpha value is -1.55. The van der Waals surface area contributed by atoms with E-state index in [1.807, 2.05) is 19.1 Å². The first-order valence-electron chi connectivity index (χ1n) is 5.59. The van der Waals surface area contributed by atoms with Crippen molar-refractivity contribution in [3.63, 3.8) is 0 Å². The number of rotatable bonds is 4. The summed E-state index contributed by atoms with van der Waals surface area (Å²) >= 11 is 0. The molecule has 4 nitrogen and oxygen atoms in total. The predicted molar refractivity (Wildman–Crippen MR) is 67.5 cm³/mol. The molecule has 0 fully saturated rings. The minimum atomic E-state index is 0.485. The molecule has 0 aliphatic carbocycles. The van der Waals surface area contributed by atoms with Gasteiger partial charge in [-0.05, 0) is 37.6 Å². The predicted octanol–water partition coefficient (Wildman–Crippen LogP) is 1.88. The average Bonchev–Trinajstić information content (AvgIpc) is 2.65. The molecule has 1 atom stereocenters. The van der Waals surface area contributed by atoms with Crippen molar-refractivity contribution in [1.29, 1.82) is 0 Å². The van der Waals surface area contributed by atoms with E-state index in [2.05, 4.69) is 28.3 Å². The van der Waals surface area contributed by atoms with Gasteiger partial charge in [0.25, 0.3) is 0 Å². The zero-order valence-electron chi connectivity index (χ0n) is 9.75. The number of nitrogens with two attached hydrogens (primary N) is 1. The third kappa shape index (κ3) is 2.33. The molecule has 0 spiro atoms. The number of hydrogen-bond donors (Lipinski definition) is 3. The second-order valence-corrected chi connectivity index (χ2v) is 4.28. The van der Waals surface area contributed by atoms with Gasteiger partial charge in [0.2, 0.25) is 0 Å². The topological polar surface area (TPSA) is 66.7 Å². The highest BCUT2D eigenvalue weighted by molar-refractivity contribution is 5.79. The van der Waals surface area contributed by atoms with E-state index in [9.17, 15) is 0 Å². The Bertz CT molecular complexity index is 475. The fraction of sp³-hybridized carbons (Fsp3) is 0.417. The van der Waals surface area contributed by atoms with E-state index in [0.29, 0.717) is 12.5 Å². The highest BCUT2D eigenvalue weighted by atomic mass is 14.9. The Balaban J connectivity index is 2.13. The molecule has 1 unspecified atom stereocenters. The molecule has 0 amide bonds. The van der Waals surface area contributed by atoms with Crippen molar-refractivity contribution < 1.29 is 0 Å². The Labute approximate surface area is 95.3 Å². The second kappa shape index (κ2) is 4.53. The van der Waals surface area contributed by atoms with Crippen molar-refractivity contribution >= 4 is 16.7 Å². The molecule has 2 rings (SSSR count). The van der Waals surface area contributed by atoms with Crippen LogP contribution in [0.5, 0.6) is 0 Å². The van der Waals surface area contributed by atoms with Crippen LogP contribution in [0.25, 0.3) is 11.0 Å². The van der Waals surface area contributed by atoms with E-state index in [1.54, 1.807) is 0 Å². The summed E-state index contributed by atoms with van der Waals surface area (Å²) in [6, 6.07) is 6.15. The Morgan fingerprint density at radius 1 is 1.50 bits per heavy atom. The number of fused-ring (bicyclic) bond motifs is 1. The van der Waals surface area contributed by atoms with Crippen LogP contribution in [0.2, 0.25) is 0 Å². The number of H-pyrrole nitrogens is 1. The minimum Gasteiger partial charge on any atom is -0.385 e. The highest BCUT2D eigenvalue weighted by Gasteiger charge is 2.02. The monoisotopic (exact) mass is 218 g/mol. The number of hydrogen-bond acceptors (Lipinski definition) is 3. The standard InChI is InChI=1S/C12H18N4/c1-8(6-13)7-14-10-3-4-11-12(5-10)16-9(2)15-11/h3-5,8,14H,6-7,13H2,1-2H3,(H,15,16). The van der Waals surface area contributed by atoms with Crippen LogP contribution in [0.15, 0.2) is 18.2 Å². The lowest BCUT2D eigenvalue weighted by molar-refractivity contribution is 0.628. The molecule has 16 heavy (non-hydrogen) atoms. The third-order valence-corrected chi connectivity index (χ3v) is 2.66. The summed E-state index contributed by atoms with van der Waals surface area (Å²) in [5, 5.41) is 3.37. The van der Waals surface area contributed by atoms with Crippen LogP contribution in [0.3, 0.4) is 0 Å². The molecule has 1 heterocycles. The van der Waals surface area contributed by atoms with Crippen LogP contribution in [0.4, 0.5) is 5.69 Å². The molecule has 1 aromatic heterocycles. The van der Waals surface area contributed by atoms with E-state index < -0.39 is 0 Å². The Kier molecular flexibility index (Phi) is 3.10. The van der Waals surface area contributed by atoms with Crippen molar-refractivity contribution in [2.24, 2.45) is 11.7 Å². The zero-order valence-corrected chi connectivity index (χ0v) is 9.75. The van der Waals surface area contributed by atoms with Gasteiger partial charge in [-0.2, -0.15) is 0 Å². The maximum absolute atomic E-state index is 5.57. The van der Waals surface area contributed by atoms with Gasteiger partial charge in [0.15, 0.2) is 0 Å². The molecule has 86 valence electrons. The van der Waals surface area contributed by atoms with Gasteiger partial charge in [-0.25, -0.2) is 4.98 Å². The van der Waals surface area contributed by atoms with Gasteiger partial charge in [0.1, 0.15) is 5.82 Å². The average molecular weight is 218 g/mol. The van der Waals surface area contributed by atoms with Gasteiger partial charge in [0, 0.05) is 12.2 Å². The maximum Gasteiger partial charge on any atom is 0.104 e. The Morgan fingerprint density at radius 2 is 2.31 bits per heavy atom. The molecule has 2 aromatic rings. The molecule has 0 saturated heterocycles. The van der Waals surface area contributed by atoms with Crippen LogP contribution >= 0.6 is 0 Å². The van der Waals surface area contributed by atoms with Crippen LogP contribution in [0.1, 0.15) is 12.7 Å². The lowest BCUT2D eigenvalue weighted by atomic mass is 10.2. The van der Waals surface area contributed by atoms with E-state index in [0.717, 1.165) is 29.1 Å². The lowest BCUT2D eigenvalue weighted by Gasteiger charge is -2.10. The van der Waals surface area contributed by atoms with Crippen LogP contribution < -0.4 is 11.1 Å². The first-order chi connectivity index (χ1) is 7.69. The SMILES string of the molecule is Cc1nc2ccc(NCC(C)CN)cc2[nH]1. The minimum absolute atomic E-state index is 0.485. The lowest BCUT2D eigenvalue weighted by Crippen LogP contribution is -2.19. The fourth-order valence-electron chi connectivity index (χ4n) is 1.62. The normalized spacial score (nSPS) is 12.9.